The molecule has 3 heteroatoms. The van der Waals surface area contributed by atoms with E-state index in [-0.39, 0.29) is 6.10 Å². The first kappa shape index (κ1) is 26.6. The van der Waals surface area contributed by atoms with Gasteiger partial charge in [-0.2, -0.15) is 0 Å². The van der Waals surface area contributed by atoms with Crippen LogP contribution in [-0.4, -0.2) is 37.1 Å². The van der Waals surface area contributed by atoms with Gasteiger partial charge in [0.25, 0.3) is 0 Å². The molecule has 0 saturated carbocycles. The summed E-state index contributed by atoms with van der Waals surface area (Å²) < 4.78 is 10.9. The van der Waals surface area contributed by atoms with Gasteiger partial charge in [-0.15, -0.1) is 6.58 Å². The van der Waals surface area contributed by atoms with Crippen LogP contribution in [0.25, 0.3) is 0 Å². The molecule has 0 aliphatic heterocycles. The van der Waals surface area contributed by atoms with Crippen molar-refractivity contribution in [3.8, 4) is 0 Å². The summed E-state index contributed by atoms with van der Waals surface area (Å²) in [6.45, 7) is 9.11. The number of unbranched alkanes of at least 4 members (excludes halogenated alkanes) is 13. The predicted octanol–water partition coefficient (Wildman–Crippen LogP) is 6.83. The molecule has 162 valence electrons. The lowest BCUT2D eigenvalue weighted by atomic mass is 10.0. The van der Waals surface area contributed by atoms with Crippen LogP contribution in [0, 0.1) is 0 Å². The van der Waals surface area contributed by atoms with Gasteiger partial charge in [0.1, 0.15) is 6.10 Å². The Morgan fingerprint density at radius 3 is 1.74 bits per heavy atom. The molecule has 0 radical (unpaired) electrons. The first-order valence-corrected chi connectivity index (χ1v) is 11.7. The van der Waals surface area contributed by atoms with Crippen LogP contribution in [0.3, 0.4) is 0 Å². The van der Waals surface area contributed by atoms with Gasteiger partial charge in [-0.05, 0) is 13.3 Å². The molecule has 0 aliphatic carbocycles. The zero-order valence-corrected chi connectivity index (χ0v) is 18.4. The average molecular weight is 385 g/mol. The van der Waals surface area contributed by atoms with Gasteiger partial charge in [0.2, 0.25) is 0 Å². The van der Waals surface area contributed by atoms with Gasteiger partial charge >= 0.3 is 0 Å². The molecule has 2 unspecified atom stereocenters. The van der Waals surface area contributed by atoms with E-state index in [0.717, 1.165) is 6.42 Å². The van der Waals surface area contributed by atoms with Crippen molar-refractivity contribution in [1.82, 2.24) is 0 Å². The van der Waals surface area contributed by atoms with Crippen molar-refractivity contribution in [3.05, 3.63) is 12.7 Å². The topological polar surface area (TPSA) is 38.7 Å². The van der Waals surface area contributed by atoms with Crippen molar-refractivity contribution in [2.24, 2.45) is 0 Å². The zero-order chi connectivity index (χ0) is 20.0. The third-order valence-corrected chi connectivity index (χ3v) is 5.08. The van der Waals surface area contributed by atoms with Gasteiger partial charge in [0, 0.05) is 0 Å². The number of ether oxygens (including phenoxy) is 2. The Kier molecular flexibility index (Phi) is 21.6. The molecule has 0 aromatic heterocycles. The lowest BCUT2D eigenvalue weighted by Gasteiger charge is -2.16. The van der Waals surface area contributed by atoms with E-state index in [9.17, 15) is 5.11 Å². The second kappa shape index (κ2) is 21.9. The first-order chi connectivity index (χ1) is 13.2. The molecule has 0 heterocycles. The first-order valence-electron chi connectivity index (χ1n) is 11.7. The van der Waals surface area contributed by atoms with Crippen LogP contribution < -0.4 is 0 Å². The highest BCUT2D eigenvalue weighted by Crippen LogP contribution is 2.14. The molecule has 0 aromatic carbocycles. The van der Waals surface area contributed by atoms with Crippen molar-refractivity contribution in [2.45, 2.75) is 122 Å². The van der Waals surface area contributed by atoms with Gasteiger partial charge in [-0.3, -0.25) is 0 Å². The highest BCUT2D eigenvalue weighted by atomic mass is 16.5. The molecule has 2 atom stereocenters. The van der Waals surface area contributed by atoms with E-state index in [1.807, 2.05) is 0 Å². The minimum absolute atomic E-state index is 0.219. The van der Waals surface area contributed by atoms with Crippen molar-refractivity contribution in [2.75, 3.05) is 19.8 Å². The number of hydrogen-bond acceptors (Lipinski definition) is 3. The summed E-state index contributed by atoms with van der Waals surface area (Å²) in [6, 6.07) is 0. The quantitative estimate of drug-likeness (QED) is 0.164. The molecule has 0 fully saturated rings. The van der Waals surface area contributed by atoms with Crippen molar-refractivity contribution < 1.29 is 14.6 Å². The maximum absolute atomic E-state index is 9.73. The molecule has 0 amide bonds. The summed E-state index contributed by atoms with van der Waals surface area (Å²) in [4.78, 5) is 0. The third-order valence-electron chi connectivity index (χ3n) is 5.08. The molecular formula is C24H48O3. The Hall–Kier alpha value is -0.380. The van der Waals surface area contributed by atoms with Gasteiger partial charge in [0.15, 0.2) is 0 Å². The Bertz CT molecular complexity index is 293. The molecule has 0 saturated heterocycles. The fraction of sp³-hybridized carbons (Fsp3) is 0.917. The number of aliphatic hydroxyl groups excluding tert-OH is 1. The molecule has 0 aromatic rings. The Balaban J connectivity index is 3.21. The lowest BCUT2D eigenvalue weighted by Crippen LogP contribution is -2.24. The Labute approximate surface area is 169 Å². The van der Waals surface area contributed by atoms with E-state index < -0.39 is 6.10 Å². The van der Waals surface area contributed by atoms with E-state index in [1.54, 1.807) is 6.08 Å². The zero-order valence-electron chi connectivity index (χ0n) is 18.4. The highest BCUT2D eigenvalue weighted by Gasteiger charge is 2.08. The van der Waals surface area contributed by atoms with Gasteiger partial charge in [0.05, 0.1) is 25.9 Å². The SMILES string of the molecule is C=CCOCC(O)COC(C)CCCCCCCCCCCCCCCC. The molecule has 27 heavy (non-hydrogen) atoms. The molecule has 0 rings (SSSR count). The Morgan fingerprint density at radius 1 is 0.778 bits per heavy atom. The van der Waals surface area contributed by atoms with Crippen molar-refractivity contribution in [1.29, 1.82) is 0 Å². The predicted molar refractivity (Wildman–Crippen MR) is 117 cm³/mol. The fourth-order valence-electron chi connectivity index (χ4n) is 3.32. The lowest BCUT2D eigenvalue weighted by molar-refractivity contribution is -0.0380. The van der Waals surface area contributed by atoms with Crippen LogP contribution in [0.5, 0.6) is 0 Å². The second-order valence-corrected chi connectivity index (χ2v) is 8.01. The molecule has 1 N–H and O–H groups in total. The second-order valence-electron chi connectivity index (χ2n) is 8.01. The normalized spacial score (nSPS) is 13.6. The number of hydrogen-bond donors (Lipinski definition) is 1. The van der Waals surface area contributed by atoms with E-state index in [1.165, 1.54) is 89.9 Å². The molecular weight excluding hydrogens is 336 g/mol. The molecule has 0 bridgehead atoms. The minimum Gasteiger partial charge on any atom is -0.388 e. The van der Waals surface area contributed by atoms with Crippen molar-refractivity contribution >= 4 is 0 Å². The summed E-state index contributed by atoms with van der Waals surface area (Å²) in [7, 11) is 0. The monoisotopic (exact) mass is 384 g/mol. The standard InChI is InChI=1S/C24H48O3/c1-4-6-7-8-9-10-11-12-13-14-15-16-17-18-19-23(3)27-22-24(25)21-26-20-5-2/h5,23-25H,2,4,6-22H2,1,3H3. The summed E-state index contributed by atoms with van der Waals surface area (Å²) in [5.41, 5.74) is 0. The van der Waals surface area contributed by atoms with Crippen LogP contribution in [0.2, 0.25) is 0 Å². The van der Waals surface area contributed by atoms with Crippen LogP contribution >= 0.6 is 0 Å². The van der Waals surface area contributed by atoms with E-state index >= 15 is 0 Å². The number of aliphatic hydroxyl groups is 1. The molecule has 0 spiro atoms. The van der Waals surface area contributed by atoms with Crippen LogP contribution in [0.15, 0.2) is 12.7 Å². The van der Waals surface area contributed by atoms with Crippen molar-refractivity contribution in [3.63, 3.8) is 0 Å². The average Bonchev–Trinajstić information content (AvgIpc) is 2.67. The van der Waals surface area contributed by atoms with Gasteiger partial charge < -0.3 is 14.6 Å². The van der Waals surface area contributed by atoms with Gasteiger partial charge in [-0.1, -0.05) is 103 Å². The van der Waals surface area contributed by atoms with E-state index in [4.69, 9.17) is 9.47 Å². The smallest absolute Gasteiger partial charge is 0.101 e. The number of rotatable bonds is 22. The summed E-state index contributed by atoms with van der Waals surface area (Å²) >= 11 is 0. The van der Waals surface area contributed by atoms with E-state index in [2.05, 4.69) is 20.4 Å². The summed E-state index contributed by atoms with van der Waals surface area (Å²) in [5.74, 6) is 0. The minimum atomic E-state index is -0.538. The summed E-state index contributed by atoms with van der Waals surface area (Å²) in [5, 5.41) is 9.73. The fourth-order valence-corrected chi connectivity index (χ4v) is 3.32. The summed E-state index contributed by atoms with van der Waals surface area (Å²) in [6.07, 6.45) is 21.9. The third kappa shape index (κ3) is 21.8. The van der Waals surface area contributed by atoms with Crippen LogP contribution in [0.4, 0.5) is 0 Å². The maximum atomic E-state index is 9.73. The Morgan fingerprint density at radius 2 is 1.26 bits per heavy atom. The van der Waals surface area contributed by atoms with Gasteiger partial charge in [-0.25, -0.2) is 0 Å². The molecule has 0 aliphatic rings. The van der Waals surface area contributed by atoms with Crippen LogP contribution in [0.1, 0.15) is 110 Å². The van der Waals surface area contributed by atoms with Crippen LogP contribution in [-0.2, 0) is 9.47 Å². The maximum Gasteiger partial charge on any atom is 0.101 e. The highest BCUT2D eigenvalue weighted by molar-refractivity contribution is 4.65. The largest absolute Gasteiger partial charge is 0.388 e. The van der Waals surface area contributed by atoms with E-state index in [0.29, 0.717) is 19.8 Å². The molecule has 3 nitrogen and oxygen atoms in total.